The van der Waals surface area contributed by atoms with Gasteiger partial charge in [0.1, 0.15) is 18.3 Å². The predicted molar refractivity (Wildman–Crippen MR) is 114 cm³/mol. The monoisotopic (exact) mass is 432 g/mol. The maximum Gasteiger partial charge on any atom is 0.303 e. The average molecular weight is 433 g/mol. The van der Waals surface area contributed by atoms with Gasteiger partial charge >= 0.3 is 17.9 Å². The molecule has 0 amide bonds. The van der Waals surface area contributed by atoms with E-state index >= 15 is 0 Å². The predicted octanol–water partition coefficient (Wildman–Crippen LogP) is 4.35. The van der Waals surface area contributed by atoms with Gasteiger partial charge in [0.05, 0.1) is 0 Å². The molecule has 0 N–H and O–H groups in total. The zero-order chi connectivity index (χ0) is 22.6. The molecule has 0 aliphatic heterocycles. The minimum atomic E-state index is -0.377. The minimum absolute atomic E-state index is 0.00425. The van der Waals surface area contributed by atoms with E-state index in [1.54, 1.807) is 0 Å². The second-order valence-electron chi connectivity index (χ2n) is 10.7. The van der Waals surface area contributed by atoms with E-state index in [2.05, 4.69) is 19.9 Å². The lowest BCUT2D eigenvalue weighted by atomic mass is 9.48. The molecule has 4 rings (SSSR count). The summed E-state index contributed by atoms with van der Waals surface area (Å²) in [5.41, 5.74) is 1.39. The van der Waals surface area contributed by atoms with E-state index in [0.29, 0.717) is 17.8 Å². The van der Waals surface area contributed by atoms with Crippen molar-refractivity contribution >= 4 is 17.9 Å². The number of hydrogen-bond acceptors (Lipinski definition) is 6. The van der Waals surface area contributed by atoms with Crippen LogP contribution in [0.4, 0.5) is 0 Å². The van der Waals surface area contributed by atoms with Gasteiger partial charge in [-0.3, -0.25) is 14.4 Å². The highest BCUT2D eigenvalue weighted by atomic mass is 16.6. The molecule has 4 aliphatic rings. The number of rotatable bonds is 3. The summed E-state index contributed by atoms with van der Waals surface area (Å²) in [6.07, 6.45) is 8.20. The molecule has 0 bridgehead atoms. The summed E-state index contributed by atoms with van der Waals surface area (Å²) in [5.74, 6) is 0.556. The molecule has 3 fully saturated rings. The lowest BCUT2D eigenvalue weighted by Gasteiger charge is -2.57. The second kappa shape index (κ2) is 7.93. The Morgan fingerprint density at radius 3 is 2.23 bits per heavy atom. The second-order valence-corrected chi connectivity index (χ2v) is 10.7. The van der Waals surface area contributed by atoms with Crippen molar-refractivity contribution in [1.29, 1.82) is 0 Å². The molecule has 172 valence electrons. The van der Waals surface area contributed by atoms with Gasteiger partial charge in [-0.15, -0.1) is 0 Å². The first-order chi connectivity index (χ1) is 14.5. The van der Waals surface area contributed by atoms with Crippen LogP contribution in [0.1, 0.15) is 79.6 Å². The van der Waals surface area contributed by atoms with Gasteiger partial charge in [-0.2, -0.15) is 0 Å². The number of carbonyl (C=O) groups excluding carboxylic acids is 3. The smallest absolute Gasteiger partial charge is 0.303 e. The molecule has 3 saturated carbocycles. The number of fused-ring (bicyclic) bond motifs is 5. The van der Waals surface area contributed by atoms with Gasteiger partial charge in [-0.25, -0.2) is 0 Å². The SMILES string of the molecule is CC(=O)O[C@@H]1CC[C@@]2(C)C(=CC[C@@H]3[C@H]4C[C@@H](OC(C)=O)[C@H](OC(C)=O)[C@@]4(C)CC[C@@H]32)C1. The van der Waals surface area contributed by atoms with Gasteiger partial charge in [0, 0.05) is 32.6 Å². The fourth-order valence-corrected chi connectivity index (χ4v) is 7.62. The van der Waals surface area contributed by atoms with Crippen LogP contribution in [0.3, 0.4) is 0 Å². The number of allylic oxidation sites excluding steroid dienone is 1. The van der Waals surface area contributed by atoms with Crippen molar-refractivity contribution in [3.8, 4) is 0 Å². The van der Waals surface area contributed by atoms with Crippen molar-refractivity contribution in [2.45, 2.75) is 97.9 Å². The Balaban J connectivity index is 1.60. The lowest BCUT2D eigenvalue weighted by molar-refractivity contribution is -0.172. The van der Waals surface area contributed by atoms with Crippen molar-refractivity contribution in [2.24, 2.45) is 28.6 Å². The Morgan fingerprint density at radius 1 is 0.903 bits per heavy atom. The maximum atomic E-state index is 11.9. The van der Waals surface area contributed by atoms with Gasteiger partial charge in [0.25, 0.3) is 0 Å². The van der Waals surface area contributed by atoms with E-state index in [0.717, 1.165) is 44.9 Å². The molecule has 0 aromatic heterocycles. The normalized spacial score (nSPS) is 43.6. The molecular weight excluding hydrogens is 396 g/mol. The number of esters is 3. The molecule has 0 radical (unpaired) electrons. The fourth-order valence-electron chi connectivity index (χ4n) is 7.62. The van der Waals surface area contributed by atoms with Gasteiger partial charge in [0.2, 0.25) is 0 Å². The number of carbonyl (C=O) groups is 3. The Hall–Kier alpha value is -1.85. The molecule has 0 aromatic carbocycles. The van der Waals surface area contributed by atoms with E-state index in [-0.39, 0.29) is 47.0 Å². The van der Waals surface area contributed by atoms with Crippen molar-refractivity contribution in [2.75, 3.05) is 0 Å². The Labute approximate surface area is 185 Å². The summed E-state index contributed by atoms with van der Waals surface area (Å²) in [6, 6.07) is 0. The van der Waals surface area contributed by atoms with Crippen LogP contribution < -0.4 is 0 Å². The largest absolute Gasteiger partial charge is 0.462 e. The standard InChI is InChI=1S/C25H36O6/c1-14(26)29-18-8-10-24(4)17(12-18)6-7-19-20(24)9-11-25(5)21(19)13-22(30-15(2)27)23(25)31-16(3)28/h6,18-23H,7-13H2,1-5H3/t18-,19+,20+,21-,22-,23+,24+,25+/m1/s1. The van der Waals surface area contributed by atoms with Gasteiger partial charge in [0.15, 0.2) is 0 Å². The topological polar surface area (TPSA) is 78.9 Å². The summed E-state index contributed by atoms with van der Waals surface area (Å²) in [6.45, 7) is 8.97. The van der Waals surface area contributed by atoms with Crippen molar-refractivity contribution in [3.05, 3.63) is 11.6 Å². The Morgan fingerprint density at radius 2 is 1.58 bits per heavy atom. The van der Waals surface area contributed by atoms with Gasteiger partial charge in [-0.05, 0) is 61.7 Å². The van der Waals surface area contributed by atoms with Crippen LogP contribution in [-0.4, -0.2) is 36.2 Å². The van der Waals surface area contributed by atoms with E-state index in [1.165, 1.54) is 26.3 Å². The highest BCUT2D eigenvalue weighted by Gasteiger charge is 2.63. The lowest BCUT2D eigenvalue weighted by Crippen LogP contribution is -2.52. The van der Waals surface area contributed by atoms with Crippen LogP contribution in [0.5, 0.6) is 0 Å². The third-order valence-corrected chi connectivity index (χ3v) is 8.91. The molecule has 0 heterocycles. The quantitative estimate of drug-likeness (QED) is 0.375. The van der Waals surface area contributed by atoms with Crippen LogP contribution in [-0.2, 0) is 28.6 Å². The Bertz CT molecular complexity index is 802. The van der Waals surface area contributed by atoms with Crippen molar-refractivity contribution < 1.29 is 28.6 Å². The molecule has 0 aromatic rings. The van der Waals surface area contributed by atoms with Crippen LogP contribution in [0.2, 0.25) is 0 Å². The van der Waals surface area contributed by atoms with Gasteiger partial charge in [-0.1, -0.05) is 25.5 Å². The van der Waals surface area contributed by atoms with E-state index in [4.69, 9.17) is 14.2 Å². The zero-order valence-corrected chi connectivity index (χ0v) is 19.4. The molecule has 0 spiro atoms. The summed E-state index contributed by atoms with van der Waals surface area (Å²) in [5, 5.41) is 0. The highest BCUT2D eigenvalue weighted by Crippen LogP contribution is 2.65. The molecule has 0 unspecified atom stereocenters. The maximum absolute atomic E-state index is 11.9. The number of hydrogen-bond donors (Lipinski definition) is 0. The average Bonchev–Trinajstić information content (AvgIpc) is 2.92. The molecule has 8 atom stereocenters. The van der Waals surface area contributed by atoms with Crippen LogP contribution >= 0.6 is 0 Å². The molecular formula is C25H36O6. The first-order valence-electron chi connectivity index (χ1n) is 11.8. The third-order valence-electron chi connectivity index (χ3n) is 8.91. The van der Waals surface area contributed by atoms with Gasteiger partial charge < -0.3 is 14.2 Å². The van der Waals surface area contributed by atoms with E-state index in [9.17, 15) is 14.4 Å². The first kappa shape index (κ1) is 22.3. The van der Waals surface area contributed by atoms with E-state index in [1.807, 2.05) is 0 Å². The number of ether oxygens (including phenoxy) is 3. The van der Waals surface area contributed by atoms with Crippen LogP contribution in [0.15, 0.2) is 11.6 Å². The summed E-state index contributed by atoms with van der Waals surface area (Å²) < 4.78 is 17.0. The molecule has 0 saturated heterocycles. The molecule has 6 nitrogen and oxygen atoms in total. The first-order valence-corrected chi connectivity index (χ1v) is 11.8. The summed E-state index contributed by atoms with van der Waals surface area (Å²) >= 11 is 0. The van der Waals surface area contributed by atoms with Crippen molar-refractivity contribution in [1.82, 2.24) is 0 Å². The van der Waals surface area contributed by atoms with Crippen LogP contribution in [0, 0.1) is 28.6 Å². The van der Waals surface area contributed by atoms with Crippen molar-refractivity contribution in [3.63, 3.8) is 0 Å². The summed E-state index contributed by atoms with van der Waals surface area (Å²) in [7, 11) is 0. The fraction of sp³-hybridized carbons (Fsp3) is 0.800. The highest BCUT2D eigenvalue weighted by molar-refractivity contribution is 5.67. The molecule has 4 aliphatic carbocycles. The third kappa shape index (κ3) is 3.80. The van der Waals surface area contributed by atoms with Crippen LogP contribution in [0.25, 0.3) is 0 Å². The minimum Gasteiger partial charge on any atom is -0.462 e. The summed E-state index contributed by atoms with van der Waals surface area (Å²) in [4.78, 5) is 35.1. The Kier molecular flexibility index (Phi) is 5.72. The zero-order valence-electron chi connectivity index (χ0n) is 19.4. The molecule has 6 heteroatoms. The van der Waals surface area contributed by atoms with E-state index < -0.39 is 0 Å². The molecule has 31 heavy (non-hydrogen) atoms.